The summed E-state index contributed by atoms with van der Waals surface area (Å²) in [4.78, 5) is 30.5. The maximum atomic E-state index is 13.2. The number of hydrogen-bond donors (Lipinski definition) is 1. The van der Waals surface area contributed by atoms with Gasteiger partial charge in [0.1, 0.15) is 0 Å². The number of nitrogens with zero attached hydrogens (tertiary/aromatic N) is 4. The minimum absolute atomic E-state index is 0.0910. The zero-order chi connectivity index (χ0) is 20.3. The summed E-state index contributed by atoms with van der Waals surface area (Å²) in [7, 11) is 0. The first-order valence-electron chi connectivity index (χ1n) is 9.37. The highest BCUT2D eigenvalue weighted by Gasteiger charge is 2.22. The van der Waals surface area contributed by atoms with Crippen molar-refractivity contribution in [3.8, 4) is 11.3 Å². The third-order valence-corrected chi connectivity index (χ3v) is 4.62. The van der Waals surface area contributed by atoms with Crippen LogP contribution in [0.15, 0.2) is 42.6 Å². The normalized spacial score (nSPS) is 11.1. The molecule has 7 heteroatoms. The van der Waals surface area contributed by atoms with Crippen LogP contribution in [0.4, 0.5) is 0 Å². The van der Waals surface area contributed by atoms with Gasteiger partial charge < -0.3 is 10.0 Å². The molecule has 0 aliphatic rings. The number of hydrogen-bond acceptors (Lipinski definition) is 4. The summed E-state index contributed by atoms with van der Waals surface area (Å²) in [5.74, 6) is -1.14. The van der Waals surface area contributed by atoms with Crippen LogP contribution in [0.25, 0.3) is 22.3 Å². The molecule has 3 aromatic rings. The Morgan fingerprint density at radius 3 is 2.54 bits per heavy atom. The summed E-state index contributed by atoms with van der Waals surface area (Å²) in [6.45, 7) is 6.45. The summed E-state index contributed by atoms with van der Waals surface area (Å²) >= 11 is 0. The van der Waals surface area contributed by atoms with E-state index >= 15 is 0 Å². The molecule has 3 rings (SSSR count). The van der Waals surface area contributed by atoms with Crippen LogP contribution in [0.3, 0.4) is 0 Å². The van der Waals surface area contributed by atoms with Crippen LogP contribution in [0.5, 0.6) is 0 Å². The molecule has 0 saturated heterocycles. The number of rotatable bonds is 7. The lowest BCUT2D eigenvalue weighted by molar-refractivity contribution is -0.137. The quantitative estimate of drug-likeness (QED) is 0.676. The summed E-state index contributed by atoms with van der Waals surface area (Å²) in [6, 6.07) is 11.5. The molecule has 0 unspecified atom stereocenters. The van der Waals surface area contributed by atoms with Gasteiger partial charge in [-0.1, -0.05) is 30.3 Å². The lowest BCUT2D eigenvalue weighted by Crippen LogP contribution is -2.33. The van der Waals surface area contributed by atoms with Crippen LogP contribution in [0.1, 0.15) is 43.6 Å². The van der Waals surface area contributed by atoms with Crippen molar-refractivity contribution in [2.24, 2.45) is 0 Å². The Morgan fingerprint density at radius 1 is 1.21 bits per heavy atom. The van der Waals surface area contributed by atoms with Crippen molar-refractivity contribution >= 4 is 22.9 Å². The Bertz CT molecular complexity index is 996. The molecule has 0 fully saturated rings. The minimum Gasteiger partial charge on any atom is -0.481 e. The number of aliphatic carboxylic acids is 1. The summed E-state index contributed by atoms with van der Waals surface area (Å²) in [6.07, 6.45) is 1.57. The number of carboxylic acids is 1. The number of carboxylic acid groups (broad SMARTS) is 1. The van der Waals surface area contributed by atoms with Gasteiger partial charge in [-0.05, 0) is 26.8 Å². The highest BCUT2D eigenvalue weighted by Crippen LogP contribution is 2.27. The SMILES string of the molecule is CCN(CCC(=O)O)C(=O)c1cc(-c2ccccc2)nc2c1cnn2C(C)C. The van der Waals surface area contributed by atoms with Crippen LogP contribution in [-0.4, -0.2) is 49.7 Å². The molecule has 28 heavy (non-hydrogen) atoms. The monoisotopic (exact) mass is 380 g/mol. The number of benzene rings is 1. The second-order valence-corrected chi connectivity index (χ2v) is 6.87. The molecule has 146 valence electrons. The fourth-order valence-corrected chi connectivity index (χ4v) is 3.13. The lowest BCUT2D eigenvalue weighted by atomic mass is 10.1. The van der Waals surface area contributed by atoms with Gasteiger partial charge in [-0.15, -0.1) is 0 Å². The molecular formula is C21H24N4O3. The Kier molecular flexibility index (Phi) is 5.73. The fourth-order valence-electron chi connectivity index (χ4n) is 3.13. The Labute approximate surface area is 163 Å². The van der Waals surface area contributed by atoms with Gasteiger partial charge in [-0.3, -0.25) is 9.59 Å². The van der Waals surface area contributed by atoms with Crippen molar-refractivity contribution in [3.63, 3.8) is 0 Å². The Morgan fingerprint density at radius 2 is 1.93 bits per heavy atom. The van der Waals surface area contributed by atoms with Gasteiger partial charge in [0.25, 0.3) is 5.91 Å². The average molecular weight is 380 g/mol. The van der Waals surface area contributed by atoms with Gasteiger partial charge in [-0.2, -0.15) is 5.10 Å². The standard InChI is InChI=1S/C21H24N4O3/c1-4-24(11-10-19(26)27)21(28)16-12-18(15-8-6-5-7-9-15)23-20-17(16)13-22-25(20)14(2)3/h5-9,12-14H,4,10-11H2,1-3H3,(H,26,27). The van der Waals surface area contributed by atoms with E-state index < -0.39 is 5.97 Å². The van der Waals surface area contributed by atoms with Gasteiger partial charge >= 0.3 is 5.97 Å². The first-order valence-corrected chi connectivity index (χ1v) is 9.37. The summed E-state index contributed by atoms with van der Waals surface area (Å²) in [5, 5.41) is 14.1. The average Bonchev–Trinajstić information content (AvgIpc) is 3.12. The molecule has 1 N–H and O–H groups in total. The number of pyridine rings is 1. The van der Waals surface area contributed by atoms with E-state index in [2.05, 4.69) is 5.10 Å². The molecule has 7 nitrogen and oxygen atoms in total. The van der Waals surface area contributed by atoms with Crippen LogP contribution >= 0.6 is 0 Å². The smallest absolute Gasteiger partial charge is 0.305 e. The third-order valence-electron chi connectivity index (χ3n) is 4.62. The summed E-state index contributed by atoms with van der Waals surface area (Å²) in [5.41, 5.74) is 2.73. The van der Waals surface area contributed by atoms with Gasteiger partial charge in [-0.25, -0.2) is 9.67 Å². The minimum atomic E-state index is -0.927. The highest BCUT2D eigenvalue weighted by molar-refractivity contribution is 6.06. The van der Waals surface area contributed by atoms with Gasteiger partial charge in [0.2, 0.25) is 0 Å². The zero-order valence-corrected chi connectivity index (χ0v) is 16.3. The molecular weight excluding hydrogens is 356 g/mol. The van der Waals surface area contributed by atoms with E-state index in [4.69, 9.17) is 10.1 Å². The van der Waals surface area contributed by atoms with Crippen molar-refractivity contribution < 1.29 is 14.7 Å². The molecule has 0 spiro atoms. The number of amides is 1. The number of fused-ring (bicyclic) bond motifs is 1. The topological polar surface area (TPSA) is 88.3 Å². The second kappa shape index (κ2) is 8.21. The van der Waals surface area contributed by atoms with Crippen LogP contribution in [0.2, 0.25) is 0 Å². The van der Waals surface area contributed by atoms with E-state index in [-0.39, 0.29) is 24.9 Å². The molecule has 0 radical (unpaired) electrons. The molecule has 0 saturated carbocycles. The largest absolute Gasteiger partial charge is 0.481 e. The van der Waals surface area contributed by atoms with Crippen LogP contribution < -0.4 is 0 Å². The predicted molar refractivity (Wildman–Crippen MR) is 107 cm³/mol. The molecule has 1 amide bonds. The molecule has 0 atom stereocenters. The first-order chi connectivity index (χ1) is 13.4. The third kappa shape index (κ3) is 3.88. The van der Waals surface area contributed by atoms with Gasteiger partial charge in [0.15, 0.2) is 5.65 Å². The van der Waals surface area contributed by atoms with Crippen LogP contribution in [-0.2, 0) is 4.79 Å². The van der Waals surface area contributed by atoms with Crippen molar-refractivity contribution in [2.75, 3.05) is 13.1 Å². The Hall–Kier alpha value is -3.22. The van der Waals surface area contributed by atoms with E-state index in [1.54, 1.807) is 21.8 Å². The van der Waals surface area contributed by atoms with E-state index in [0.29, 0.717) is 28.8 Å². The second-order valence-electron chi connectivity index (χ2n) is 6.87. The van der Waals surface area contributed by atoms with Crippen molar-refractivity contribution in [3.05, 3.63) is 48.2 Å². The number of aromatic nitrogens is 3. The number of carbonyl (C=O) groups is 2. The molecule has 0 aliphatic carbocycles. The molecule has 2 aromatic heterocycles. The van der Waals surface area contributed by atoms with Crippen molar-refractivity contribution in [1.29, 1.82) is 0 Å². The first kappa shape index (κ1) is 19.5. The van der Waals surface area contributed by atoms with Crippen LogP contribution in [0, 0.1) is 0 Å². The fraction of sp³-hybridized carbons (Fsp3) is 0.333. The van der Waals surface area contributed by atoms with Gasteiger partial charge in [0, 0.05) is 24.7 Å². The van der Waals surface area contributed by atoms with Crippen molar-refractivity contribution in [1.82, 2.24) is 19.7 Å². The molecule has 2 heterocycles. The molecule has 0 aliphatic heterocycles. The number of carbonyl (C=O) groups excluding carboxylic acids is 1. The van der Waals surface area contributed by atoms with E-state index in [1.165, 1.54) is 0 Å². The highest BCUT2D eigenvalue weighted by atomic mass is 16.4. The maximum Gasteiger partial charge on any atom is 0.305 e. The maximum absolute atomic E-state index is 13.2. The van der Waals surface area contributed by atoms with E-state index in [9.17, 15) is 9.59 Å². The molecule has 1 aromatic carbocycles. The summed E-state index contributed by atoms with van der Waals surface area (Å²) < 4.78 is 1.80. The lowest BCUT2D eigenvalue weighted by Gasteiger charge is -2.21. The Balaban J connectivity index is 2.14. The van der Waals surface area contributed by atoms with E-state index in [1.807, 2.05) is 51.1 Å². The van der Waals surface area contributed by atoms with Gasteiger partial charge in [0.05, 0.1) is 29.3 Å². The molecule has 0 bridgehead atoms. The zero-order valence-electron chi connectivity index (χ0n) is 16.3. The van der Waals surface area contributed by atoms with E-state index in [0.717, 1.165) is 5.56 Å². The predicted octanol–water partition coefficient (Wildman–Crippen LogP) is 3.62. The van der Waals surface area contributed by atoms with Crippen molar-refractivity contribution in [2.45, 2.75) is 33.2 Å².